The SMILES string of the molecule is CCc1ccc(C(Cl)c2ccc(C(C)CC)cc2)o1. The number of furan rings is 1. The quantitative estimate of drug-likeness (QED) is 0.640. The van der Waals surface area contributed by atoms with E-state index in [9.17, 15) is 0 Å². The van der Waals surface area contributed by atoms with Gasteiger partial charge in [0.1, 0.15) is 16.9 Å². The predicted octanol–water partition coefficient (Wildman–Crippen LogP) is 5.68. The molecular weight excluding hydrogens is 256 g/mol. The Morgan fingerprint density at radius 1 is 1.00 bits per heavy atom. The number of hydrogen-bond donors (Lipinski definition) is 0. The second-order valence-corrected chi connectivity index (χ2v) is 5.43. The molecule has 2 atom stereocenters. The summed E-state index contributed by atoms with van der Waals surface area (Å²) < 4.78 is 5.72. The third kappa shape index (κ3) is 3.22. The molecule has 0 bridgehead atoms. The number of alkyl halides is 1. The molecular formula is C17H21ClO. The van der Waals surface area contributed by atoms with Crippen LogP contribution in [0.25, 0.3) is 0 Å². The maximum atomic E-state index is 6.47. The Bertz CT molecular complexity index is 512. The zero-order chi connectivity index (χ0) is 13.8. The third-order valence-corrected chi connectivity index (χ3v) is 4.16. The van der Waals surface area contributed by atoms with Crippen LogP contribution in [0.2, 0.25) is 0 Å². The van der Waals surface area contributed by atoms with Gasteiger partial charge in [0, 0.05) is 6.42 Å². The van der Waals surface area contributed by atoms with Crippen molar-refractivity contribution in [2.75, 3.05) is 0 Å². The van der Waals surface area contributed by atoms with E-state index in [1.807, 2.05) is 12.1 Å². The van der Waals surface area contributed by atoms with E-state index in [-0.39, 0.29) is 5.38 Å². The van der Waals surface area contributed by atoms with Gasteiger partial charge in [-0.05, 0) is 35.6 Å². The summed E-state index contributed by atoms with van der Waals surface area (Å²) in [6.07, 6.45) is 2.05. The van der Waals surface area contributed by atoms with Gasteiger partial charge in [-0.3, -0.25) is 0 Å². The van der Waals surface area contributed by atoms with Crippen molar-refractivity contribution in [3.63, 3.8) is 0 Å². The fraction of sp³-hybridized carbons (Fsp3) is 0.412. The maximum absolute atomic E-state index is 6.47. The van der Waals surface area contributed by atoms with Crippen LogP contribution < -0.4 is 0 Å². The van der Waals surface area contributed by atoms with Crippen LogP contribution in [0.5, 0.6) is 0 Å². The monoisotopic (exact) mass is 276 g/mol. The molecule has 0 saturated carbocycles. The van der Waals surface area contributed by atoms with Crippen LogP contribution in [0.15, 0.2) is 40.8 Å². The Kier molecular flexibility index (Phi) is 4.71. The van der Waals surface area contributed by atoms with Crippen LogP contribution in [0.1, 0.15) is 61.1 Å². The molecule has 0 spiro atoms. The first-order chi connectivity index (χ1) is 9.15. The van der Waals surface area contributed by atoms with Gasteiger partial charge in [-0.15, -0.1) is 11.6 Å². The van der Waals surface area contributed by atoms with Crippen LogP contribution in [0.4, 0.5) is 0 Å². The molecule has 1 nitrogen and oxygen atoms in total. The summed E-state index contributed by atoms with van der Waals surface area (Å²) in [5, 5.41) is -0.203. The van der Waals surface area contributed by atoms with Gasteiger partial charge in [0.25, 0.3) is 0 Å². The number of aryl methyl sites for hydroxylation is 1. The van der Waals surface area contributed by atoms with Gasteiger partial charge in [0.15, 0.2) is 0 Å². The molecule has 0 radical (unpaired) electrons. The number of hydrogen-bond acceptors (Lipinski definition) is 1. The highest BCUT2D eigenvalue weighted by Gasteiger charge is 2.15. The highest BCUT2D eigenvalue weighted by atomic mass is 35.5. The standard InChI is InChI=1S/C17H21ClO/c1-4-12(3)13-6-8-14(9-7-13)17(18)16-11-10-15(5-2)19-16/h6-12,17H,4-5H2,1-3H3. The zero-order valence-electron chi connectivity index (χ0n) is 11.8. The van der Waals surface area contributed by atoms with Crippen molar-refractivity contribution in [3.05, 3.63) is 59.0 Å². The Morgan fingerprint density at radius 3 is 2.16 bits per heavy atom. The molecule has 1 aromatic heterocycles. The van der Waals surface area contributed by atoms with E-state index in [2.05, 4.69) is 45.0 Å². The summed E-state index contributed by atoms with van der Waals surface area (Å²) >= 11 is 6.47. The van der Waals surface area contributed by atoms with Crippen molar-refractivity contribution in [1.29, 1.82) is 0 Å². The molecule has 0 fully saturated rings. The second-order valence-electron chi connectivity index (χ2n) is 5.00. The van der Waals surface area contributed by atoms with E-state index in [4.69, 9.17) is 16.0 Å². The van der Waals surface area contributed by atoms with Crippen molar-refractivity contribution >= 4 is 11.6 Å². The van der Waals surface area contributed by atoms with E-state index >= 15 is 0 Å². The first-order valence-corrected chi connectivity index (χ1v) is 7.41. The van der Waals surface area contributed by atoms with Crippen molar-refractivity contribution < 1.29 is 4.42 Å². The molecule has 0 aliphatic carbocycles. The van der Waals surface area contributed by atoms with Crippen molar-refractivity contribution in [2.45, 2.75) is 44.9 Å². The molecule has 19 heavy (non-hydrogen) atoms. The first-order valence-electron chi connectivity index (χ1n) is 6.98. The Labute approximate surface area is 120 Å². The van der Waals surface area contributed by atoms with Gasteiger partial charge < -0.3 is 4.42 Å². The minimum absolute atomic E-state index is 0.203. The molecule has 102 valence electrons. The topological polar surface area (TPSA) is 13.1 Å². The molecule has 1 heterocycles. The molecule has 0 amide bonds. The van der Waals surface area contributed by atoms with Crippen molar-refractivity contribution in [2.24, 2.45) is 0 Å². The van der Waals surface area contributed by atoms with E-state index in [1.165, 1.54) is 5.56 Å². The Morgan fingerprint density at radius 2 is 1.63 bits per heavy atom. The van der Waals surface area contributed by atoms with E-state index < -0.39 is 0 Å². The van der Waals surface area contributed by atoms with Crippen LogP contribution in [0.3, 0.4) is 0 Å². The molecule has 2 heteroatoms. The first kappa shape index (κ1) is 14.2. The summed E-state index contributed by atoms with van der Waals surface area (Å²) in [4.78, 5) is 0. The smallest absolute Gasteiger partial charge is 0.126 e. The highest BCUT2D eigenvalue weighted by molar-refractivity contribution is 6.22. The van der Waals surface area contributed by atoms with Gasteiger partial charge in [0.05, 0.1) is 0 Å². The van der Waals surface area contributed by atoms with Crippen LogP contribution >= 0.6 is 11.6 Å². The van der Waals surface area contributed by atoms with Crippen molar-refractivity contribution in [1.82, 2.24) is 0 Å². The second kappa shape index (κ2) is 6.29. The molecule has 0 N–H and O–H groups in total. The average molecular weight is 277 g/mol. The molecule has 0 aliphatic heterocycles. The number of rotatable bonds is 5. The Hall–Kier alpha value is -1.21. The van der Waals surface area contributed by atoms with Gasteiger partial charge in [-0.1, -0.05) is 45.0 Å². The van der Waals surface area contributed by atoms with Gasteiger partial charge in [0.2, 0.25) is 0 Å². The van der Waals surface area contributed by atoms with Crippen LogP contribution in [-0.2, 0) is 6.42 Å². The predicted molar refractivity (Wildman–Crippen MR) is 80.9 cm³/mol. The van der Waals surface area contributed by atoms with Crippen LogP contribution in [0, 0.1) is 0 Å². The molecule has 2 rings (SSSR count). The number of halogens is 1. The minimum atomic E-state index is -0.203. The van der Waals surface area contributed by atoms with Gasteiger partial charge in [-0.25, -0.2) is 0 Å². The third-order valence-electron chi connectivity index (χ3n) is 3.69. The Balaban J connectivity index is 2.17. The lowest BCUT2D eigenvalue weighted by Gasteiger charge is -2.11. The number of benzene rings is 1. The van der Waals surface area contributed by atoms with Crippen LogP contribution in [-0.4, -0.2) is 0 Å². The van der Waals surface area contributed by atoms with E-state index in [0.29, 0.717) is 5.92 Å². The van der Waals surface area contributed by atoms with E-state index in [0.717, 1.165) is 29.9 Å². The fourth-order valence-electron chi connectivity index (χ4n) is 2.11. The molecule has 1 aromatic carbocycles. The molecule has 2 aromatic rings. The summed E-state index contributed by atoms with van der Waals surface area (Å²) in [6, 6.07) is 12.5. The zero-order valence-corrected chi connectivity index (χ0v) is 12.6. The summed E-state index contributed by atoms with van der Waals surface area (Å²) in [7, 11) is 0. The molecule has 2 unspecified atom stereocenters. The highest BCUT2D eigenvalue weighted by Crippen LogP contribution is 2.31. The minimum Gasteiger partial charge on any atom is -0.464 e. The average Bonchev–Trinajstić information content (AvgIpc) is 2.94. The summed E-state index contributed by atoms with van der Waals surface area (Å²) in [6.45, 7) is 6.53. The fourth-order valence-corrected chi connectivity index (χ4v) is 2.38. The summed E-state index contributed by atoms with van der Waals surface area (Å²) in [5.74, 6) is 2.41. The largest absolute Gasteiger partial charge is 0.464 e. The summed E-state index contributed by atoms with van der Waals surface area (Å²) in [5.41, 5.74) is 2.45. The van der Waals surface area contributed by atoms with Gasteiger partial charge in [-0.2, -0.15) is 0 Å². The lowest BCUT2D eigenvalue weighted by Crippen LogP contribution is -1.94. The lowest BCUT2D eigenvalue weighted by molar-refractivity contribution is 0.474. The van der Waals surface area contributed by atoms with Gasteiger partial charge >= 0.3 is 0 Å². The van der Waals surface area contributed by atoms with E-state index in [1.54, 1.807) is 0 Å². The normalized spacial score (nSPS) is 14.3. The molecule has 0 aliphatic rings. The lowest BCUT2D eigenvalue weighted by atomic mass is 9.97. The van der Waals surface area contributed by atoms with Crippen molar-refractivity contribution in [3.8, 4) is 0 Å². The molecule has 0 saturated heterocycles. The maximum Gasteiger partial charge on any atom is 0.126 e.